The van der Waals surface area contributed by atoms with Crippen molar-refractivity contribution < 1.29 is 14.2 Å². The number of benzene rings is 1. The molecule has 3 rings (SSSR count). The second kappa shape index (κ2) is 6.85. The number of hydrogen-bond acceptors (Lipinski definition) is 4. The first-order valence-electron chi connectivity index (χ1n) is 7.48. The van der Waals surface area contributed by atoms with E-state index in [-0.39, 0.29) is 6.04 Å². The minimum atomic E-state index is -0.767. The molecule has 1 aromatic heterocycles. The van der Waals surface area contributed by atoms with Crippen LogP contribution in [0.25, 0.3) is 0 Å². The van der Waals surface area contributed by atoms with Gasteiger partial charge in [0, 0.05) is 18.2 Å². The number of ether oxygens (including phenoxy) is 1. The summed E-state index contributed by atoms with van der Waals surface area (Å²) in [4.78, 5) is 3.92. The van der Waals surface area contributed by atoms with Gasteiger partial charge in [-0.15, -0.1) is 0 Å². The summed E-state index contributed by atoms with van der Waals surface area (Å²) in [5.41, 5.74) is 1.58. The van der Waals surface area contributed by atoms with E-state index in [9.17, 15) is 9.50 Å². The van der Waals surface area contributed by atoms with Crippen molar-refractivity contribution >= 4 is 0 Å². The normalized spacial score (nSPS) is 18.9. The average molecular weight is 302 g/mol. The van der Waals surface area contributed by atoms with Gasteiger partial charge in [0.15, 0.2) is 0 Å². The van der Waals surface area contributed by atoms with Crippen LogP contribution >= 0.6 is 0 Å². The first-order chi connectivity index (χ1) is 10.7. The van der Waals surface area contributed by atoms with Crippen molar-refractivity contribution in [3.05, 3.63) is 59.7 Å². The number of para-hydroxylation sites is 1. The Morgan fingerprint density at radius 2 is 2.18 bits per heavy atom. The van der Waals surface area contributed by atoms with Crippen LogP contribution in [0, 0.1) is 5.82 Å². The molecule has 0 spiro atoms. The standard InChI is InChI=1S/C17H19FN2O2/c18-12-7-8-15(19-10-12)16(21)11-20-14-5-3-9-22-17-6-2-1-4-13(14)17/h1-2,4,6-8,10,14,16,20-21H,3,5,9,11H2. The van der Waals surface area contributed by atoms with E-state index < -0.39 is 11.9 Å². The highest BCUT2D eigenvalue weighted by Crippen LogP contribution is 2.31. The number of rotatable bonds is 4. The highest BCUT2D eigenvalue weighted by Gasteiger charge is 2.20. The summed E-state index contributed by atoms with van der Waals surface area (Å²) in [6.07, 6.45) is 2.25. The van der Waals surface area contributed by atoms with Gasteiger partial charge in [-0.2, -0.15) is 0 Å². The van der Waals surface area contributed by atoms with Gasteiger partial charge in [-0.3, -0.25) is 4.98 Å². The molecular weight excluding hydrogens is 283 g/mol. The third kappa shape index (κ3) is 3.43. The maximum absolute atomic E-state index is 12.9. The molecule has 2 atom stereocenters. The molecule has 2 aromatic rings. The largest absolute Gasteiger partial charge is 0.493 e. The van der Waals surface area contributed by atoms with Crippen molar-refractivity contribution in [2.75, 3.05) is 13.2 Å². The Morgan fingerprint density at radius 3 is 3.00 bits per heavy atom. The van der Waals surface area contributed by atoms with E-state index in [2.05, 4.69) is 10.3 Å². The SMILES string of the molecule is OC(CNC1CCCOc2ccccc21)c1ccc(F)cn1. The quantitative estimate of drug-likeness (QED) is 0.912. The number of nitrogens with one attached hydrogen (secondary N) is 1. The van der Waals surface area contributed by atoms with Crippen LogP contribution < -0.4 is 10.1 Å². The summed E-state index contributed by atoms with van der Waals surface area (Å²) in [5.74, 6) is 0.491. The predicted molar refractivity (Wildman–Crippen MR) is 81.1 cm³/mol. The number of halogens is 1. The second-order valence-electron chi connectivity index (χ2n) is 5.41. The molecule has 1 aliphatic rings. The molecule has 22 heavy (non-hydrogen) atoms. The number of aliphatic hydroxyl groups is 1. The van der Waals surface area contributed by atoms with Crippen LogP contribution in [-0.2, 0) is 0 Å². The summed E-state index contributed by atoms with van der Waals surface area (Å²) in [6.45, 7) is 1.06. The molecule has 2 unspecified atom stereocenters. The van der Waals surface area contributed by atoms with Gasteiger partial charge in [0.1, 0.15) is 17.7 Å². The Morgan fingerprint density at radius 1 is 1.32 bits per heavy atom. The molecule has 1 aliphatic heterocycles. The van der Waals surface area contributed by atoms with Gasteiger partial charge >= 0.3 is 0 Å². The summed E-state index contributed by atoms with van der Waals surface area (Å²) < 4.78 is 18.6. The van der Waals surface area contributed by atoms with Crippen molar-refractivity contribution in [2.45, 2.75) is 25.0 Å². The minimum absolute atomic E-state index is 0.133. The Kier molecular flexibility index (Phi) is 4.65. The molecule has 0 fully saturated rings. The molecular formula is C17H19FN2O2. The fraction of sp³-hybridized carbons (Fsp3) is 0.353. The fourth-order valence-electron chi connectivity index (χ4n) is 2.68. The summed E-state index contributed by atoms with van der Waals surface area (Å²) in [7, 11) is 0. The van der Waals surface area contributed by atoms with Gasteiger partial charge in [-0.1, -0.05) is 18.2 Å². The third-order valence-corrected chi connectivity index (χ3v) is 3.84. The van der Waals surface area contributed by atoms with Crippen LogP contribution in [0.4, 0.5) is 4.39 Å². The maximum atomic E-state index is 12.9. The van der Waals surface area contributed by atoms with E-state index in [1.807, 2.05) is 24.3 Å². The molecule has 2 N–H and O–H groups in total. The number of pyridine rings is 1. The van der Waals surface area contributed by atoms with E-state index >= 15 is 0 Å². The van der Waals surface area contributed by atoms with Gasteiger partial charge in [0.05, 0.1) is 18.5 Å². The van der Waals surface area contributed by atoms with Gasteiger partial charge in [-0.05, 0) is 31.0 Å². The average Bonchev–Trinajstić information content (AvgIpc) is 2.75. The van der Waals surface area contributed by atoms with Crippen LogP contribution in [0.5, 0.6) is 5.75 Å². The van der Waals surface area contributed by atoms with E-state index in [1.165, 1.54) is 12.1 Å². The Balaban J connectivity index is 1.67. The minimum Gasteiger partial charge on any atom is -0.493 e. The molecule has 0 saturated heterocycles. The van der Waals surface area contributed by atoms with Crippen LogP contribution in [0.1, 0.15) is 36.2 Å². The van der Waals surface area contributed by atoms with Gasteiger partial charge < -0.3 is 15.2 Å². The Hall–Kier alpha value is -1.98. The number of fused-ring (bicyclic) bond motifs is 1. The molecule has 0 aliphatic carbocycles. The zero-order chi connectivity index (χ0) is 15.4. The lowest BCUT2D eigenvalue weighted by Crippen LogP contribution is -2.26. The van der Waals surface area contributed by atoms with Crippen LogP contribution in [-0.4, -0.2) is 23.2 Å². The highest BCUT2D eigenvalue weighted by atomic mass is 19.1. The summed E-state index contributed by atoms with van der Waals surface area (Å²) >= 11 is 0. The van der Waals surface area contributed by atoms with Crippen molar-refractivity contribution in [3.63, 3.8) is 0 Å². The zero-order valence-corrected chi connectivity index (χ0v) is 12.2. The molecule has 5 heteroatoms. The third-order valence-electron chi connectivity index (χ3n) is 3.84. The van der Waals surface area contributed by atoms with Gasteiger partial charge in [0.2, 0.25) is 0 Å². The number of aliphatic hydroxyl groups excluding tert-OH is 1. The molecule has 0 bridgehead atoms. The molecule has 4 nitrogen and oxygen atoms in total. The van der Waals surface area contributed by atoms with Crippen molar-refractivity contribution in [1.29, 1.82) is 0 Å². The molecule has 116 valence electrons. The summed E-state index contributed by atoms with van der Waals surface area (Å²) in [6, 6.07) is 10.9. The lowest BCUT2D eigenvalue weighted by molar-refractivity contribution is 0.164. The monoisotopic (exact) mass is 302 g/mol. The molecule has 2 heterocycles. The van der Waals surface area contributed by atoms with E-state index in [1.54, 1.807) is 0 Å². The van der Waals surface area contributed by atoms with Gasteiger partial charge in [0.25, 0.3) is 0 Å². The van der Waals surface area contributed by atoms with Crippen molar-refractivity contribution in [3.8, 4) is 5.75 Å². The summed E-state index contributed by atoms with van der Waals surface area (Å²) in [5, 5.41) is 13.5. The Bertz CT molecular complexity index is 618. The smallest absolute Gasteiger partial charge is 0.141 e. The van der Waals surface area contributed by atoms with Crippen molar-refractivity contribution in [2.24, 2.45) is 0 Å². The van der Waals surface area contributed by atoms with Crippen LogP contribution in [0.2, 0.25) is 0 Å². The molecule has 0 saturated carbocycles. The Labute approximate surface area is 129 Å². The van der Waals surface area contributed by atoms with E-state index in [4.69, 9.17) is 4.74 Å². The van der Waals surface area contributed by atoms with E-state index in [0.29, 0.717) is 18.8 Å². The first-order valence-corrected chi connectivity index (χ1v) is 7.48. The number of nitrogens with zero attached hydrogens (tertiary/aromatic N) is 1. The second-order valence-corrected chi connectivity index (χ2v) is 5.41. The van der Waals surface area contributed by atoms with Crippen LogP contribution in [0.3, 0.4) is 0 Å². The number of hydrogen-bond donors (Lipinski definition) is 2. The lowest BCUT2D eigenvalue weighted by atomic mass is 10.0. The maximum Gasteiger partial charge on any atom is 0.141 e. The fourth-order valence-corrected chi connectivity index (χ4v) is 2.68. The van der Waals surface area contributed by atoms with Crippen molar-refractivity contribution in [1.82, 2.24) is 10.3 Å². The van der Waals surface area contributed by atoms with Gasteiger partial charge in [-0.25, -0.2) is 4.39 Å². The van der Waals surface area contributed by atoms with E-state index in [0.717, 1.165) is 30.4 Å². The molecule has 0 radical (unpaired) electrons. The molecule has 0 amide bonds. The zero-order valence-electron chi connectivity index (χ0n) is 12.2. The molecule has 1 aromatic carbocycles. The highest BCUT2D eigenvalue weighted by molar-refractivity contribution is 5.36. The van der Waals surface area contributed by atoms with Crippen LogP contribution in [0.15, 0.2) is 42.6 Å². The first kappa shape index (κ1) is 14.9. The predicted octanol–water partition coefficient (Wildman–Crippen LogP) is 2.76. The topological polar surface area (TPSA) is 54.4 Å². The lowest BCUT2D eigenvalue weighted by Gasteiger charge is -2.20. The number of aromatic nitrogens is 1.